The summed E-state index contributed by atoms with van der Waals surface area (Å²) in [6, 6.07) is 3.85. The van der Waals surface area contributed by atoms with E-state index in [-0.39, 0.29) is 17.7 Å². The molecule has 0 saturated carbocycles. The molecule has 1 aromatic carbocycles. The molecule has 0 aromatic heterocycles. The number of aliphatic hydroxyl groups is 1. The molecule has 0 aliphatic rings. The molecule has 0 unspecified atom stereocenters. The molecule has 0 heterocycles. The van der Waals surface area contributed by atoms with Crippen LogP contribution in [0.25, 0.3) is 0 Å². The molecule has 19 heavy (non-hydrogen) atoms. The summed E-state index contributed by atoms with van der Waals surface area (Å²) in [4.78, 5) is 11.3. The molecule has 1 atom stereocenters. The molecule has 1 N–H and O–H groups in total. The van der Waals surface area contributed by atoms with Crippen LogP contribution in [0.2, 0.25) is 0 Å². The maximum Gasteiger partial charge on any atom is 0.416 e. The molecule has 0 amide bonds. The Labute approximate surface area is 108 Å². The highest BCUT2D eigenvalue weighted by Crippen LogP contribution is 2.30. The Morgan fingerprint density at radius 2 is 1.89 bits per heavy atom. The monoisotopic (exact) mass is 274 g/mol. The quantitative estimate of drug-likeness (QED) is 0.678. The lowest BCUT2D eigenvalue weighted by Gasteiger charge is -2.14. The van der Waals surface area contributed by atoms with Crippen LogP contribution in [0.5, 0.6) is 0 Å². The van der Waals surface area contributed by atoms with Crippen molar-refractivity contribution in [2.75, 3.05) is 6.61 Å². The molecule has 104 valence electrons. The van der Waals surface area contributed by atoms with Crippen LogP contribution >= 0.6 is 0 Å². The van der Waals surface area contributed by atoms with Crippen molar-refractivity contribution in [1.29, 1.82) is 0 Å². The molecule has 0 fully saturated rings. The zero-order valence-corrected chi connectivity index (χ0v) is 10.2. The third kappa shape index (κ3) is 3.82. The molecule has 0 saturated heterocycles. The number of aliphatic hydroxyl groups excluding tert-OH is 1. The van der Waals surface area contributed by atoms with E-state index in [2.05, 4.69) is 11.3 Å². The van der Waals surface area contributed by atoms with Crippen LogP contribution in [0.3, 0.4) is 0 Å². The Morgan fingerprint density at radius 1 is 1.37 bits per heavy atom. The first-order valence-corrected chi connectivity index (χ1v) is 5.48. The average Bonchev–Trinajstić information content (AvgIpc) is 2.36. The summed E-state index contributed by atoms with van der Waals surface area (Å²) in [5.41, 5.74) is -0.905. The van der Waals surface area contributed by atoms with Gasteiger partial charge >= 0.3 is 12.1 Å². The zero-order chi connectivity index (χ0) is 14.6. The smallest absolute Gasteiger partial charge is 0.416 e. The van der Waals surface area contributed by atoms with Gasteiger partial charge in [0.05, 0.1) is 17.7 Å². The number of hydrogen-bond donors (Lipinski definition) is 1. The van der Waals surface area contributed by atoms with E-state index in [4.69, 9.17) is 0 Å². The first kappa shape index (κ1) is 15.2. The summed E-state index contributed by atoms with van der Waals surface area (Å²) in [6.45, 7) is 5.09. The molecule has 6 heteroatoms. The van der Waals surface area contributed by atoms with E-state index < -0.39 is 23.8 Å². The van der Waals surface area contributed by atoms with Gasteiger partial charge in [0.25, 0.3) is 0 Å². The molecule has 3 nitrogen and oxygen atoms in total. The molecule has 0 bridgehead atoms. The van der Waals surface area contributed by atoms with Crippen molar-refractivity contribution in [1.82, 2.24) is 0 Å². The second-order valence-electron chi connectivity index (χ2n) is 3.77. The second-order valence-corrected chi connectivity index (χ2v) is 3.77. The summed E-state index contributed by atoms with van der Waals surface area (Å²) in [5.74, 6) is -0.783. The van der Waals surface area contributed by atoms with Gasteiger partial charge in [0, 0.05) is 0 Å². The minimum atomic E-state index is -4.44. The Hall–Kier alpha value is -1.82. The van der Waals surface area contributed by atoms with Gasteiger partial charge in [0.15, 0.2) is 0 Å². The van der Waals surface area contributed by atoms with Gasteiger partial charge in [-0.05, 0) is 24.6 Å². The van der Waals surface area contributed by atoms with Crippen molar-refractivity contribution in [3.63, 3.8) is 0 Å². The predicted octanol–water partition coefficient (Wildman–Crippen LogP) is 2.86. The summed E-state index contributed by atoms with van der Waals surface area (Å²) >= 11 is 0. The van der Waals surface area contributed by atoms with Crippen molar-refractivity contribution in [2.45, 2.75) is 19.2 Å². The fourth-order valence-electron chi connectivity index (χ4n) is 1.39. The van der Waals surface area contributed by atoms with Crippen LogP contribution in [0.4, 0.5) is 13.2 Å². The van der Waals surface area contributed by atoms with E-state index in [0.717, 1.165) is 24.3 Å². The minimum absolute atomic E-state index is 0.123. The van der Waals surface area contributed by atoms with Crippen molar-refractivity contribution >= 4 is 5.97 Å². The summed E-state index contributed by atoms with van der Waals surface area (Å²) in [6.07, 6.45) is -5.83. The number of carbonyl (C=O) groups excluding carboxylic acids is 1. The first-order valence-electron chi connectivity index (χ1n) is 5.48. The Kier molecular flexibility index (Phi) is 4.72. The maximum atomic E-state index is 12.4. The SMILES string of the molecule is C=C(C(=O)OCC)[C@H](O)c1ccc(C(F)(F)F)cc1. The number of esters is 1. The molecule has 0 aliphatic carbocycles. The molecule has 0 radical (unpaired) electrons. The topological polar surface area (TPSA) is 46.5 Å². The first-order chi connectivity index (χ1) is 8.77. The van der Waals surface area contributed by atoms with E-state index in [0.29, 0.717) is 0 Å². The Balaban J connectivity index is 2.86. The number of ether oxygens (including phenoxy) is 1. The standard InChI is InChI=1S/C13H13F3O3/c1-3-19-12(18)8(2)11(17)9-4-6-10(7-5-9)13(14,15)16/h4-7,11,17H,2-3H2,1H3/t11-/m0/s1. The van der Waals surface area contributed by atoms with Crippen LogP contribution in [0.15, 0.2) is 36.4 Å². The number of halogens is 3. The van der Waals surface area contributed by atoms with Crippen LogP contribution in [-0.4, -0.2) is 17.7 Å². The zero-order valence-electron chi connectivity index (χ0n) is 10.2. The van der Waals surface area contributed by atoms with Gasteiger partial charge < -0.3 is 9.84 Å². The fraction of sp³-hybridized carbons (Fsp3) is 0.308. The second kappa shape index (κ2) is 5.88. The lowest BCUT2D eigenvalue weighted by molar-refractivity contribution is -0.140. The van der Waals surface area contributed by atoms with Crippen LogP contribution in [0.1, 0.15) is 24.2 Å². The maximum absolute atomic E-state index is 12.4. The number of hydrogen-bond acceptors (Lipinski definition) is 3. The summed E-state index contributed by atoms with van der Waals surface area (Å²) < 4.78 is 41.7. The van der Waals surface area contributed by atoms with Gasteiger partial charge in [-0.15, -0.1) is 0 Å². The van der Waals surface area contributed by atoms with Crippen LogP contribution < -0.4 is 0 Å². The predicted molar refractivity (Wildman–Crippen MR) is 62.2 cm³/mol. The third-order valence-corrected chi connectivity index (χ3v) is 2.42. The van der Waals surface area contributed by atoms with Crippen molar-refractivity contribution in [2.24, 2.45) is 0 Å². The van der Waals surface area contributed by atoms with E-state index in [9.17, 15) is 23.1 Å². The van der Waals surface area contributed by atoms with Crippen LogP contribution in [-0.2, 0) is 15.7 Å². The van der Waals surface area contributed by atoms with Gasteiger partial charge in [-0.25, -0.2) is 4.79 Å². The van der Waals surface area contributed by atoms with Gasteiger partial charge in [-0.2, -0.15) is 13.2 Å². The third-order valence-electron chi connectivity index (χ3n) is 2.42. The normalized spacial score (nSPS) is 12.9. The van der Waals surface area contributed by atoms with Gasteiger partial charge in [-0.3, -0.25) is 0 Å². The lowest BCUT2D eigenvalue weighted by Crippen LogP contribution is -2.14. The largest absolute Gasteiger partial charge is 0.463 e. The van der Waals surface area contributed by atoms with Gasteiger partial charge in [0.2, 0.25) is 0 Å². The highest BCUT2D eigenvalue weighted by Gasteiger charge is 2.30. The van der Waals surface area contributed by atoms with E-state index in [1.165, 1.54) is 0 Å². The van der Waals surface area contributed by atoms with E-state index in [1.54, 1.807) is 6.92 Å². The molecule has 1 rings (SSSR count). The number of benzene rings is 1. The molecule has 0 spiro atoms. The fourth-order valence-corrected chi connectivity index (χ4v) is 1.39. The number of carbonyl (C=O) groups is 1. The van der Waals surface area contributed by atoms with Crippen molar-refractivity contribution in [3.05, 3.63) is 47.5 Å². The summed E-state index contributed by atoms with van der Waals surface area (Å²) in [7, 11) is 0. The molecular weight excluding hydrogens is 261 g/mol. The number of rotatable bonds is 4. The molecular formula is C13H13F3O3. The highest BCUT2D eigenvalue weighted by molar-refractivity contribution is 5.89. The molecule has 0 aliphatic heterocycles. The average molecular weight is 274 g/mol. The highest BCUT2D eigenvalue weighted by atomic mass is 19.4. The Morgan fingerprint density at radius 3 is 2.32 bits per heavy atom. The van der Waals surface area contributed by atoms with E-state index >= 15 is 0 Å². The minimum Gasteiger partial charge on any atom is -0.463 e. The lowest BCUT2D eigenvalue weighted by atomic mass is 10.0. The number of alkyl halides is 3. The van der Waals surface area contributed by atoms with Gasteiger partial charge in [-0.1, -0.05) is 18.7 Å². The summed E-state index contributed by atoms with van der Waals surface area (Å²) in [5, 5.41) is 9.80. The Bertz CT molecular complexity index is 463. The van der Waals surface area contributed by atoms with Crippen molar-refractivity contribution in [3.8, 4) is 0 Å². The molecule has 1 aromatic rings. The van der Waals surface area contributed by atoms with E-state index in [1.807, 2.05) is 0 Å². The van der Waals surface area contributed by atoms with Crippen LogP contribution in [0, 0.1) is 0 Å². The van der Waals surface area contributed by atoms with Gasteiger partial charge in [0.1, 0.15) is 6.10 Å². The van der Waals surface area contributed by atoms with Crippen molar-refractivity contribution < 1.29 is 27.8 Å².